The van der Waals surface area contributed by atoms with E-state index in [1.807, 2.05) is 0 Å². The Bertz CT molecular complexity index is 469. The predicted octanol–water partition coefficient (Wildman–Crippen LogP) is 3.17. The molecule has 0 unspecified atom stereocenters. The maximum atomic E-state index is 12.6. The Balaban J connectivity index is 2.76. The van der Waals surface area contributed by atoms with E-state index in [1.54, 1.807) is 6.92 Å². The van der Waals surface area contributed by atoms with Crippen LogP contribution in [0.1, 0.15) is 23.8 Å². The van der Waals surface area contributed by atoms with Crippen molar-refractivity contribution in [2.75, 3.05) is 26.3 Å². The average Bonchev–Trinajstić information content (AvgIpc) is 2.40. The van der Waals surface area contributed by atoms with Gasteiger partial charge in [-0.3, -0.25) is 4.79 Å². The van der Waals surface area contributed by atoms with Crippen LogP contribution >= 0.6 is 11.6 Å². The van der Waals surface area contributed by atoms with Crippen molar-refractivity contribution < 1.29 is 22.7 Å². The molecule has 8 heteroatoms. The Morgan fingerprint density at radius 3 is 2.71 bits per heavy atom. The number of alkyl halides is 3. The summed E-state index contributed by atoms with van der Waals surface area (Å²) in [6, 6.07) is 4.25. The van der Waals surface area contributed by atoms with Crippen molar-refractivity contribution in [2.24, 2.45) is 0 Å². The number of rotatable bonds is 7. The molecule has 4 nitrogen and oxygen atoms in total. The molecule has 0 N–H and O–H groups in total. The molecule has 1 aromatic rings. The van der Waals surface area contributed by atoms with E-state index in [1.165, 1.54) is 18.2 Å². The van der Waals surface area contributed by atoms with Gasteiger partial charge >= 0.3 is 6.18 Å². The Morgan fingerprint density at radius 2 is 2.14 bits per heavy atom. The zero-order valence-electron chi connectivity index (χ0n) is 11.5. The Morgan fingerprint density at radius 1 is 1.43 bits per heavy atom. The maximum absolute atomic E-state index is 12.6. The van der Waals surface area contributed by atoms with E-state index in [9.17, 15) is 18.0 Å². The van der Waals surface area contributed by atoms with Crippen LogP contribution in [0.25, 0.3) is 0 Å². The van der Waals surface area contributed by atoms with Gasteiger partial charge in [-0.15, -0.1) is 0 Å². The van der Waals surface area contributed by atoms with Crippen molar-refractivity contribution in [1.82, 2.24) is 9.88 Å². The Kier molecular flexibility index (Phi) is 6.91. The van der Waals surface area contributed by atoms with Crippen LogP contribution in [0, 0.1) is 0 Å². The first kappa shape index (κ1) is 17.7. The second kappa shape index (κ2) is 8.19. The lowest BCUT2D eigenvalue weighted by Crippen LogP contribution is -2.40. The largest absolute Gasteiger partial charge is 0.406 e. The molecular formula is C13H16ClF3N2O2. The monoisotopic (exact) mass is 324 g/mol. The number of nitrogens with zero attached hydrogens (tertiary/aromatic N) is 2. The summed E-state index contributed by atoms with van der Waals surface area (Å²) in [5.41, 5.74) is -0.108. The topological polar surface area (TPSA) is 42.4 Å². The van der Waals surface area contributed by atoms with E-state index < -0.39 is 18.6 Å². The fourth-order valence-corrected chi connectivity index (χ4v) is 1.82. The zero-order valence-corrected chi connectivity index (χ0v) is 12.2. The first-order valence-electron chi connectivity index (χ1n) is 6.40. The van der Waals surface area contributed by atoms with Crippen LogP contribution in [-0.4, -0.2) is 48.3 Å². The number of hydrogen-bond donors (Lipinski definition) is 0. The molecule has 1 amide bonds. The second-order valence-corrected chi connectivity index (χ2v) is 4.63. The minimum atomic E-state index is -4.47. The number of carbonyl (C=O) groups is 1. The normalized spacial score (nSPS) is 11.5. The van der Waals surface area contributed by atoms with Crippen LogP contribution in [0.3, 0.4) is 0 Å². The Labute approximate surface area is 125 Å². The van der Waals surface area contributed by atoms with Crippen LogP contribution in [-0.2, 0) is 4.74 Å². The van der Waals surface area contributed by atoms with Gasteiger partial charge in [-0.05, 0) is 25.5 Å². The molecule has 0 fully saturated rings. The van der Waals surface area contributed by atoms with Gasteiger partial charge in [0.1, 0.15) is 17.4 Å². The van der Waals surface area contributed by atoms with Crippen LogP contribution in [0.4, 0.5) is 13.2 Å². The number of aromatic nitrogens is 1. The zero-order chi connectivity index (χ0) is 15.9. The maximum Gasteiger partial charge on any atom is 0.406 e. The predicted molar refractivity (Wildman–Crippen MR) is 72.3 cm³/mol. The van der Waals surface area contributed by atoms with Gasteiger partial charge in [-0.2, -0.15) is 13.2 Å². The standard InChI is InChI=1S/C13H16ClF3N2O2/c1-2-21-8-4-7-19(9-13(15,16)17)12(20)10-5-3-6-11(14)18-10/h3,5-6H,2,4,7-9H2,1H3. The fourth-order valence-electron chi connectivity index (χ4n) is 1.66. The third kappa shape index (κ3) is 6.77. The summed E-state index contributed by atoms with van der Waals surface area (Å²) in [7, 11) is 0. The quantitative estimate of drug-likeness (QED) is 0.571. The summed E-state index contributed by atoms with van der Waals surface area (Å²) < 4.78 is 42.8. The second-order valence-electron chi connectivity index (χ2n) is 4.24. The van der Waals surface area contributed by atoms with Crippen molar-refractivity contribution in [3.63, 3.8) is 0 Å². The van der Waals surface area contributed by atoms with E-state index in [0.717, 1.165) is 0 Å². The Hall–Kier alpha value is -1.34. The van der Waals surface area contributed by atoms with Crippen molar-refractivity contribution in [3.05, 3.63) is 29.0 Å². The lowest BCUT2D eigenvalue weighted by atomic mass is 10.3. The summed E-state index contributed by atoms with van der Waals surface area (Å²) in [5, 5.41) is 0.0575. The molecule has 0 aliphatic heterocycles. The molecule has 0 aliphatic carbocycles. The van der Waals surface area contributed by atoms with Gasteiger partial charge < -0.3 is 9.64 Å². The highest BCUT2D eigenvalue weighted by atomic mass is 35.5. The van der Waals surface area contributed by atoms with E-state index in [2.05, 4.69) is 4.98 Å². The van der Waals surface area contributed by atoms with E-state index in [0.29, 0.717) is 24.5 Å². The lowest BCUT2D eigenvalue weighted by molar-refractivity contribution is -0.141. The molecular weight excluding hydrogens is 309 g/mol. The molecule has 0 bridgehead atoms. The number of ether oxygens (including phenoxy) is 1. The summed E-state index contributed by atoms with van der Waals surface area (Å²) >= 11 is 5.65. The summed E-state index contributed by atoms with van der Waals surface area (Å²) in [6.45, 7) is 1.16. The molecule has 0 atom stereocenters. The number of halogens is 4. The van der Waals surface area contributed by atoms with E-state index in [4.69, 9.17) is 16.3 Å². The average molecular weight is 325 g/mol. The number of carbonyl (C=O) groups excluding carboxylic acids is 1. The van der Waals surface area contributed by atoms with Gasteiger partial charge in [0.2, 0.25) is 0 Å². The molecule has 0 saturated carbocycles. The van der Waals surface area contributed by atoms with Gasteiger partial charge in [0, 0.05) is 19.8 Å². The molecule has 0 aliphatic rings. The van der Waals surface area contributed by atoms with Crippen molar-refractivity contribution in [1.29, 1.82) is 0 Å². The third-order valence-corrected chi connectivity index (χ3v) is 2.72. The third-order valence-electron chi connectivity index (χ3n) is 2.51. The number of hydrogen-bond acceptors (Lipinski definition) is 3. The first-order valence-corrected chi connectivity index (χ1v) is 6.77. The van der Waals surface area contributed by atoms with Gasteiger partial charge in [0.05, 0.1) is 0 Å². The van der Waals surface area contributed by atoms with Crippen molar-refractivity contribution >= 4 is 17.5 Å². The summed E-state index contributed by atoms with van der Waals surface area (Å²) in [5.74, 6) is -0.800. The van der Waals surface area contributed by atoms with E-state index >= 15 is 0 Å². The highest BCUT2D eigenvalue weighted by Gasteiger charge is 2.33. The smallest absolute Gasteiger partial charge is 0.382 e. The molecule has 0 aromatic carbocycles. The minimum absolute atomic E-state index is 0.0575. The number of amides is 1. The van der Waals surface area contributed by atoms with Crippen LogP contribution in [0.5, 0.6) is 0 Å². The van der Waals surface area contributed by atoms with Crippen molar-refractivity contribution in [2.45, 2.75) is 19.5 Å². The van der Waals surface area contributed by atoms with Crippen LogP contribution in [0.2, 0.25) is 5.15 Å². The summed E-state index contributed by atoms with van der Waals surface area (Å²) in [6.07, 6.45) is -4.16. The van der Waals surface area contributed by atoms with E-state index in [-0.39, 0.29) is 17.4 Å². The molecule has 1 rings (SSSR count). The highest BCUT2D eigenvalue weighted by Crippen LogP contribution is 2.18. The molecule has 118 valence electrons. The highest BCUT2D eigenvalue weighted by molar-refractivity contribution is 6.29. The van der Waals surface area contributed by atoms with Gasteiger partial charge in [-0.25, -0.2) is 4.98 Å². The van der Waals surface area contributed by atoms with Gasteiger partial charge in [-0.1, -0.05) is 17.7 Å². The molecule has 0 spiro atoms. The molecule has 1 heterocycles. The molecule has 0 saturated heterocycles. The molecule has 1 aromatic heterocycles. The van der Waals surface area contributed by atoms with Crippen LogP contribution in [0.15, 0.2) is 18.2 Å². The van der Waals surface area contributed by atoms with Crippen LogP contribution < -0.4 is 0 Å². The minimum Gasteiger partial charge on any atom is -0.382 e. The summed E-state index contributed by atoms with van der Waals surface area (Å²) in [4.78, 5) is 16.6. The van der Waals surface area contributed by atoms with Crippen molar-refractivity contribution in [3.8, 4) is 0 Å². The molecule has 21 heavy (non-hydrogen) atoms. The SMILES string of the molecule is CCOCCCN(CC(F)(F)F)C(=O)c1cccc(Cl)n1. The van der Waals surface area contributed by atoms with Gasteiger partial charge in [0.25, 0.3) is 5.91 Å². The fraction of sp³-hybridized carbons (Fsp3) is 0.538. The lowest BCUT2D eigenvalue weighted by Gasteiger charge is -2.23. The number of pyridine rings is 1. The first-order chi connectivity index (χ1) is 9.83. The molecule has 0 radical (unpaired) electrons. The van der Waals surface area contributed by atoms with Gasteiger partial charge in [0.15, 0.2) is 0 Å².